The molecule has 164 valence electrons. The summed E-state index contributed by atoms with van der Waals surface area (Å²) in [6.45, 7) is 11.1. The molecule has 0 radical (unpaired) electrons. The SMILES string of the molecule is CCN(CC)C[C@@H]1CCCC[C@H]1NCc1nnc(C(=O)NCc2ccc(C)cc2)s1. The molecule has 1 aromatic carbocycles. The van der Waals surface area contributed by atoms with Crippen molar-refractivity contribution in [3.8, 4) is 0 Å². The van der Waals surface area contributed by atoms with E-state index in [1.165, 1.54) is 42.6 Å². The van der Waals surface area contributed by atoms with E-state index in [1.54, 1.807) is 0 Å². The molecule has 3 rings (SSSR count). The Kier molecular flexibility index (Phi) is 8.78. The molecule has 2 N–H and O–H groups in total. The Hall–Kier alpha value is -1.83. The smallest absolute Gasteiger partial charge is 0.282 e. The summed E-state index contributed by atoms with van der Waals surface area (Å²) in [4.78, 5) is 14.9. The lowest BCUT2D eigenvalue weighted by molar-refractivity contribution is 0.0950. The predicted molar refractivity (Wildman–Crippen MR) is 123 cm³/mol. The fourth-order valence-corrected chi connectivity index (χ4v) is 4.81. The summed E-state index contributed by atoms with van der Waals surface area (Å²) in [5.41, 5.74) is 2.29. The van der Waals surface area contributed by atoms with E-state index in [0.29, 0.717) is 30.1 Å². The minimum absolute atomic E-state index is 0.156. The molecular weight excluding hydrogens is 394 g/mol. The van der Waals surface area contributed by atoms with Crippen LogP contribution in [0.3, 0.4) is 0 Å². The summed E-state index contributed by atoms with van der Waals surface area (Å²) < 4.78 is 0. The van der Waals surface area contributed by atoms with E-state index in [1.807, 2.05) is 12.1 Å². The Morgan fingerprint density at radius 2 is 1.83 bits per heavy atom. The molecule has 2 aromatic rings. The first-order valence-electron chi connectivity index (χ1n) is 11.2. The number of nitrogens with one attached hydrogen (secondary N) is 2. The van der Waals surface area contributed by atoms with E-state index < -0.39 is 0 Å². The van der Waals surface area contributed by atoms with Crippen molar-refractivity contribution in [2.75, 3.05) is 19.6 Å². The number of amides is 1. The minimum atomic E-state index is -0.156. The number of hydrogen-bond acceptors (Lipinski definition) is 6. The van der Waals surface area contributed by atoms with Gasteiger partial charge in [0.1, 0.15) is 5.01 Å². The lowest BCUT2D eigenvalue weighted by Gasteiger charge is -2.35. The lowest BCUT2D eigenvalue weighted by Crippen LogP contribution is -2.44. The molecule has 0 unspecified atom stereocenters. The number of rotatable bonds is 10. The molecule has 0 spiro atoms. The monoisotopic (exact) mass is 429 g/mol. The van der Waals surface area contributed by atoms with Crippen molar-refractivity contribution in [3.63, 3.8) is 0 Å². The molecule has 1 aliphatic carbocycles. The third-order valence-corrected chi connectivity index (χ3v) is 6.97. The van der Waals surface area contributed by atoms with Gasteiger partial charge in [-0.3, -0.25) is 4.79 Å². The molecule has 1 fully saturated rings. The van der Waals surface area contributed by atoms with Crippen LogP contribution in [0.25, 0.3) is 0 Å². The number of hydrogen-bond donors (Lipinski definition) is 2. The highest BCUT2D eigenvalue weighted by atomic mass is 32.1. The van der Waals surface area contributed by atoms with E-state index in [0.717, 1.165) is 30.2 Å². The molecule has 0 aliphatic heterocycles. The summed E-state index contributed by atoms with van der Waals surface area (Å²) in [5, 5.41) is 16.3. The highest BCUT2D eigenvalue weighted by Crippen LogP contribution is 2.26. The summed E-state index contributed by atoms with van der Waals surface area (Å²) in [6.07, 6.45) is 5.12. The van der Waals surface area contributed by atoms with Crippen molar-refractivity contribution in [3.05, 3.63) is 45.4 Å². The number of benzene rings is 1. The van der Waals surface area contributed by atoms with Gasteiger partial charge in [-0.1, -0.05) is 67.9 Å². The van der Waals surface area contributed by atoms with Crippen LogP contribution < -0.4 is 10.6 Å². The van der Waals surface area contributed by atoms with Gasteiger partial charge in [0.2, 0.25) is 5.01 Å². The maximum Gasteiger partial charge on any atom is 0.282 e. The topological polar surface area (TPSA) is 70.1 Å². The van der Waals surface area contributed by atoms with Crippen LogP contribution in [-0.2, 0) is 13.1 Å². The zero-order chi connectivity index (χ0) is 21.3. The molecule has 1 amide bonds. The molecule has 1 aromatic heterocycles. The van der Waals surface area contributed by atoms with Crippen molar-refractivity contribution in [2.45, 2.75) is 65.6 Å². The summed E-state index contributed by atoms with van der Waals surface area (Å²) >= 11 is 1.38. The van der Waals surface area contributed by atoms with E-state index >= 15 is 0 Å². The second-order valence-corrected chi connectivity index (χ2v) is 9.25. The molecule has 0 bridgehead atoms. The standard InChI is InChI=1S/C23H35N5OS/c1-4-28(5-2)16-19-8-6-7-9-20(19)24-15-21-26-27-23(30-21)22(29)25-14-18-12-10-17(3)11-13-18/h10-13,19-20,24H,4-9,14-16H2,1-3H3,(H,25,29)/t19-,20+/m0/s1. The molecule has 1 saturated carbocycles. The fourth-order valence-electron chi connectivity index (χ4n) is 4.11. The van der Waals surface area contributed by atoms with Gasteiger partial charge in [0.15, 0.2) is 0 Å². The Bertz CT molecular complexity index is 787. The van der Waals surface area contributed by atoms with Crippen molar-refractivity contribution in [2.24, 2.45) is 5.92 Å². The Morgan fingerprint density at radius 3 is 2.57 bits per heavy atom. The van der Waals surface area contributed by atoms with Gasteiger partial charge in [0, 0.05) is 25.7 Å². The zero-order valence-electron chi connectivity index (χ0n) is 18.5. The Balaban J connectivity index is 1.49. The fraction of sp³-hybridized carbons (Fsp3) is 0.609. The largest absolute Gasteiger partial charge is 0.346 e. The van der Waals surface area contributed by atoms with Gasteiger partial charge < -0.3 is 15.5 Å². The Labute approximate surface area is 184 Å². The van der Waals surface area contributed by atoms with E-state index in [9.17, 15) is 4.79 Å². The highest BCUT2D eigenvalue weighted by molar-refractivity contribution is 7.13. The third-order valence-electron chi connectivity index (χ3n) is 6.05. The lowest BCUT2D eigenvalue weighted by atomic mass is 9.84. The number of carbonyl (C=O) groups is 1. The van der Waals surface area contributed by atoms with Crippen molar-refractivity contribution < 1.29 is 4.79 Å². The van der Waals surface area contributed by atoms with Crippen LogP contribution in [-0.4, -0.2) is 46.7 Å². The second-order valence-electron chi connectivity index (χ2n) is 8.19. The van der Waals surface area contributed by atoms with Crippen LogP contribution >= 0.6 is 11.3 Å². The molecule has 1 aliphatic rings. The first-order chi connectivity index (χ1) is 14.6. The van der Waals surface area contributed by atoms with E-state index in [-0.39, 0.29) is 5.91 Å². The maximum absolute atomic E-state index is 12.4. The Morgan fingerprint density at radius 1 is 1.10 bits per heavy atom. The van der Waals surface area contributed by atoms with Gasteiger partial charge in [0.25, 0.3) is 5.91 Å². The van der Waals surface area contributed by atoms with Gasteiger partial charge in [-0.15, -0.1) is 10.2 Å². The van der Waals surface area contributed by atoms with Crippen LogP contribution in [0, 0.1) is 12.8 Å². The second kappa shape index (κ2) is 11.5. The van der Waals surface area contributed by atoms with E-state index in [4.69, 9.17) is 0 Å². The highest BCUT2D eigenvalue weighted by Gasteiger charge is 2.26. The van der Waals surface area contributed by atoms with Gasteiger partial charge >= 0.3 is 0 Å². The van der Waals surface area contributed by atoms with Gasteiger partial charge in [-0.05, 0) is 44.3 Å². The van der Waals surface area contributed by atoms with Gasteiger partial charge in [0.05, 0.1) is 0 Å². The third kappa shape index (κ3) is 6.59. The van der Waals surface area contributed by atoms with Crippen molar-refractivity contribution in [1.82, 2.24) is 25.7 Å². The molecule has 30 heavy (non-hydrogen) atoms. The molecule has 7 heteroatoms. The molecular formula is C23H35N5OS. The number of aryl methyl sites for hydroxylation is 1. The average Bonchev–Trinajstić information content (AvgIpc) is 3.25. The van der Waals surface area contributed by atoms with Crippen molar-refractivity contribution >= 4 is 17.2 Å². The number of aromatic nitrogens is 2. The van der Waals surface area contributed by atoms with Crippen molar-refractivity contribution in [1.29, 1.82) is 0 Å². The molecule has 0 saturated heterocycles. The first kappa shape index (κ1) is 22.8. The summed E-state index contributed by atoms with van der Waals surface area (Å²) in [5.74, 6) is 0.528. The predicted octanol–water partition coefficient (Wildman–Crippen LogP) is 3.77. The summed E-state index contributed by atoms with van der Waals surface area (Å²) in [6, 6.07) is 8.68. The first-order valence-corrected chi connectivity index (χ1v) is 12.0. The minimum Gasteiger partial charge on any atom is -0.346 e. The summed E-state index contributed by atoms with van der Waals surface area (Å²) in [7, 11) is 0. The van der Waals surface area contributed by atoms with Crippen LogP contribution in [0.2, 0.25) is 0 Å². The van der Waals surface area contributed by atoms with Gasteiger partial charge in [-0.2, -0.15) is 0 Å². The average molecular weight is 430 g/mol. The normalized spacial score (nSPS) is 19.2. The van der Waals surface area contributed by atoms with Crippen LogP contribution in [0.15, 0.2) is 24.3 Å². The molecule has 2 atom stereocenters. The van der Waals surface area contributed by atoms with Crippen LogP contribution in [0.1, 0.15) is 65.5 Å². The maximum atomic E-state index is 12.4. The molecule has 1 heterocycles. The van der Waals surface area contributed by atoms with Gasteiger partial charge in [-0.25, -0.2) is 0 Å². The van der Waals surface area contributed by atoms with Crippen LogP contribution in [0.4, 0.5) is 0 Å². The van der Waals surface area contributed by atoms with E-state index in [2.05, 4.69) is 58.6 Å². The zero-order valence-corrected chi connectivity index (χ0v) is 19.3. The molecule has 6 nitrogen and oxygen atoms in total. The van der Waals surface area contributed by atoms with Crippen LogP contribution in [0.5, 0.6) is 0 Å². The number of nitrogens with zero attached hydrogens (tertiary/aromatic N) is 3. The number of carbonyl (C=O) groups excluding carboxylic acids is 1. The quantitative estimate of drug-likeness (QED) is 0.602.